The Balaban J connectivity index is 0.736. The van der Waals surface area contributed by atoms with Gasteiger partial charge in [-0.1, -0.05) is 66.0 Å². The summed E-state index contributed by atoms with van der Waals surface area (Å²) >= 11 is 3.77. The Labute approximate surface area is 364 Å². The first-order valence-electron chi connectivity index (χ1n) is 21.8. The van der Waals surface area contributed by atoms with E-state index in [9.17, 15) is 0 Å². The van der Waals surface area contributed by atoms with Gasteiger partial charge in [0, 0.05) is 71.6 Å². The second-order valence-electron chi connectivity index (χ2n) is 18.3. The first-order valence-corrected chi connectivity index (χ1v) is 23.4. The summed E-state index contributed by atoms with van der Waals surface area (Å²) in [5.74, 6) is 1.04. The number of fused-ring (bicyclic) bond motifs is 7. The second kappa shape index (κ2) is 15.9. The monoisotopic (exact) mass is 834 g/mol. The number of aromatic nitrogens is 2. The molecule has 0 N–H and O–H groups in total. The number of nitrogens with zero attached hydrogens (tertiary/aromatic N) is 6. The maximum Gasteiger partial charge on any atom is 0.216 e. The molecule has 0 bridgehead atoms. The molecule has 4 aromatic carbocycles. The number of pyridine rings is 2. The Bertz CT molecular complexity index is 2690. The summed E-state index contributed by atoms with van der Waals surface area (Å²) in [6.07, 6.45) is 11.6. The van der Waals surface area contributed by atoms with E-state index in [2.05, 4.69) is 176 Å². The smallest absolute Gasteiger partial charge is 0.216 e. The number of quaternary nitrogens is 2. The molecule has 1 unspecified atom stereocenters. The molecule has 0 fully saturated rings. The van der Waals surface area contributed by atoms with Crippen molar-refractivity contribution < 1.29 is 22.8 Å². The minimum atomic E-state index is 0.108. The van der Waals surface area contributed by atoms with Crippen molar-refractivity contribution in [1.82, 2.24) is 0 Å². The van der Waals surface area contributed by atoms with Gasteiger partial charge in [-0.2, -0.15) is 9.13 Å². The maximum absolute atomic E-state index is 6.78. The average molecular weight is 835 g/mol. The number of ether oxygens (including phenoxy) is 1. The van der Waals surface area contributed by atoms with Crippen LogP contribution < -0.4 is 23.7 Å². The van der Waals surface area contributed by atoms with E-state index in [4.69, 9.17) is 4.74 Å². The molecular weight excluding hydrogens is 777 g/mol. The van der Waals surface area contributed by atoms with E-state index in [-0.39, 0.29) is 6.10 Å². The Morgan fingerprint density at radius 2 is 1.32 bits per heavy atom. The second-order valence-corrected chi connectivity index (χ2v) is 20.4. The van der Waals surface area contributed by atoms with Gasteiger partial charge >= 0.3 is 0 Å². The van der Waals surface area contributed by atoms with Crippen LogP contribution in [0, 0.1) is 0 Å². The molecule has 2 aromatic heterocycles. The number of benzene rings is 4. The molecule has 0 saturated heterocycles. The van der Waals surface area contributed by atoms with Gasteiger partial charge in [0.2, 0.25) is 11.0 Å². The highest BCUT2D eigenvalue weighted by molar-refractivity contribution is 8.04. The van der Waals surface area contributed by atoms with Crippen LogP contribution in [-0.4, -0.2) is 83.0 Å². The third kappa shape index (κ3) is 7.48. The van der Waals surface area contributed by atoms with E-state index in [1.54, 1.807) is 0 Å². The topological polar surface area (TPSA) is 23.5 Å². The fourth-order valence-electron chi connectivity index (χ4n) is 9.92. The van der Waals surface area contributed by atoms with E-state index in [1.165, 1.54) is 89.2 Å². The van der Waals surface area contributed by atoms with Crippen molar-refractivity contribution in [2.45, 2.75) is 54.7 Å². The van der Waals surface area contributed by atoms with Crippen molar-refractivity contribution in [3.05, 3.63) is 137 Å². The summed E-state index contributed by atoms with van der Waals surface area (Å²) in [6, 6.07) is 37.7. The lowest BCUT2D eigenvalue weighted by molar-refractivity contribution is -0.911. The lowest BCUT2D eigenvalue weighted by Gasteiger charge is -2.37. The minimum Gasteiger partial charge on any atom is -0.485 e. The highest BCUT2D eigenvalue weighted by Gasteiger charge is 2.40. The minimum absolute atomic E-state index is 0.108. The molecule has 0 amide bonds. The molecule has 60 heavy (non-hydrogen) atoms. The standard InChI is InChI=1S/C51H58N6OS2/c1-52-41-18-8-10-22-46(41)59-48(52)36-37-24-29-53(40-17-7-6-16-38(37)40)27-13-32-56(2,3)34-15-35-57(4,5)33-14-28-54-30-25-39-49-43(54)20-12-21-44(49)58-45-26-31-55-42-19-9-11-23-47(42)60-51(55)50(39)45/h6-12,16-25,29-30,36,45H,13-15,26-28,31-35H2,1-5H3/q+4. The summed E-state index contributed by atoms with van der Waals surface area (Å²) in [6.45, 7) is 7.71. The van der Waals surface area contributed by atoms with Gasteiger partial charge in [0.1, 0.15) is 11.9 Å². The molecular formula is C51H58N6OS2+4. The molecule has 10 rings (SSSR count). The van der Waals surface area contributed by atoms with Crippen molar-refractivity contribution in [2.75, 3.05) is 77.8 Å². The molecule has 0 spiro atoms. The predicted octanol–water partition coefficient (Wildman–Crippen LogP) is 9.58. The van der Waals surface area contributed by atoms with Gasteiger partial charge in [0.05, 0.1) is 99.4 Å². The van der Waals surface area contributed by atoms with Gasteiger partial charge in [-0.3, -0.25) is 0 Å². The molecule has 6 aromatic rings. The summed E-state index contributed by atoms with van der Waals surface area (Å²) in [5.41, 5.74) is 9.19. The highest BCUT2D eigenvalue weighted by Crippen LogP contribution is 2.54. The number of aryl methyl sites for hydroxylation is 2. The Kier molecular flexibility index (Phi) is 10.4. The Morgan fingerprint density at radius 3 is 2.08 bits per heavy atom. The lowest BCUT2D eigenvalue weighted by atomic mass is 9.90. The van der Waals surface area contributed by atoms with Crippen molar-refractivity contribution in [3.63, 3.8) is 0 Å². The van der Waals surface area contributed by atoms with E-state index >= 15 is 0 Å². The van der Waals surface area contributed by atoms with Gasteiger partial charge in [-0.25, -0.2) is 0 Å². The number of rotatable bonds is 13. The number of para-hydroxylation sites is 3. The van der Waals surface area contributed by atoms with Crippen LogP contribution in [0.25, 0.3) is 33.5 Å². The van der Waals surface area contributed by atoms with Crippen LogP contribution >= 0.6 is 23.5 Å². The largest absolute Gasteiger partial charge is 0.485 e. The number of anilines is 2. The van der Waals surface area contributed by atoms with E-state index in [0.717, 1.165) is 66.7 Å². The van der Waals surface area contributed by atoms with Gasteiger partial charge in [-0.05, 0) is 48.0 Å². The third-order valence-corrected chi connectivity index (χ3v) is 15.6. The third-order valence-electron chi connectivity index (χ3n) is 13.2. The van der Waals surface area contributed by atoms with Gasteiger partial charge in [0.15, 0.2) is 25.5 Å². The normalized spacial score (nSPS) is 17.6. The maximum atomic E-state index is 6.78. The first kappa shape index (κ1) is 39.3. The van der Waals surface area contributed by atoms with Crippen LogP contribution in [0.15, 0.2) is 135 Å². The van der Waals surface area contributed by atoms with Gasteiger partial charge in [0.25, 0.3) is 0 Å². The molecule has 0 radical (unpaired) electrons. The summed E-state index contributed by atoms with van der Waals surface area (Å²) in [4.78, 5) is 7.50. The zero-order chi connectivity index (χ0) is 41.0. The molecule has 4 aliphatic heterocycles. The molecule has 0 saturated carbocycles. The number of thioether (sulfide) groups is 2. The van der Waals surface area contributed by atoms with Crippen LogP contribution in [0.5, 0.6) is 5.75 Å². The Morgan fingerprint density at radius 1 is 0.683 bits per heavy atom. The van der Waals surface area contributed by atoms with E-state index < -0.39 is 0 Å². The van der Waals surface area contributed by atoms with Crippen molar-refractivity contribution in [1.29, 1.82) is 0 Å². The van der Waals surface area contributed by atoms with Crippen molar-refractivity contribution >= 4 is 68.4 Å². The van der Waals surface area contributed by atoms with E-state index in [0.29, 0.717) is 0 Å². The van der Waals surface area contributed by atoms with Crippen LogP contribution in [0.1, 0.15) is 36.8 Å². The molecule has 4 aliphatic rings. The lowest BCUT2D eigenvalue weighted by Crippen LogP contribution is -2.47. The van der Waals surface area contributed by atoms with Crippen LogP contribution in [0.2, 0.25) is 0 Å². The number of hydrogen-bond acceptors (Lipinski definition) is 5. The molecule has 7 nitrogen and oxygen atoms in total. The van der Waals surface area contributed by atoms with Crippen LogP contribution in [0.4, 0.5) is 11.4 Å². The van der Waals surface area contributed by atoms with Crippen LogP contribution in [-0.2, 0) is 13.1 Å². The molecule has 306 valence electrons. The number of hydrogen-bond donors (Lipinski definition) is 0. The predicted molar refractivity (Wildman–Crippen MR) is 250 cm³/mol. The van der Waals surface area contributed by atoms with Crippen molar-refractivity contribution in [3.8, 4) is 5.75 Å². The zero-order valence-electron chi connectivity index (χ0n) is 35.8. The molecule has 9 heteroatoms. The highest BCUT2D eigenvalue weighted by atomic mass is 32.2. The SMILES string of the molecule is CN1/C(=C/c2cc[n+](CCC[N+](C)(C)CCC[N+](C)(C)CCC[n+]3ccc4c5c(cccc53)OC3CCN5C(=C43)Sc3ccccc35)c3ccccc23)Sc2ccccc21. The molecule has 1 atom stereocenters. The summed E-state index contributed by atoms with van der Waals surface area (Å²) < 4.78 is 13.8. The first-order chi connectivity index (χ1) is 29.1. The van der Waals surface area contributed by atoms with E-state index in [1.807, 2.05) is 23.5 Å². The van der Waals surface area contributed by atoms with Crippen LogP contribution in [0.3, 0.4) is 0 Å². The molecule has 0 aliphatic carbocycles. The molecule has 6 heterocycles. The summed E-state index contributed by atoms with van der Waals surface area (Å²) in [7, 11) is 11.8. The van der Waals surface area contributed by atoms with Crippen molar-refractivity contribution in [2.24, 2.45) is 0 Å². The quantitative estimate of drug-likeness (QED) is 0.0853. The summed E-state index contributed by atoms with van der Waals surface area (Å²) in [5, 5.41) is 5.20. The van der Waals surface area contributed by atoms with Gasteiger partial charge < -0.3 is 23.5 Å². The fourth-order valence-corrected chi connectivity index (χ4v) is 12.3. The Hall–Kier alpha value is -4.80. The average Bonchev–Trinajstić information content (AvgIpc) is 3.78. The fraction of sp³-hybridized carbons (Fsp3) is 0.333. The zero-order valence-corrected chi connectivity index (χ0v) is 37.4. The van der Waals surface area contributed by atoms with Gasteiger partial charge in [-0.15, -0.1) is 0 Å².